The molecule has 19 heavy (non-hydrogen) atoms. The number of carbonyl (C=O) groups excluding carboxylic acids is 1. The van der Waals surface area contributed by atoms with Gasteiger partial charge in [0, 0.05) is 5.56 Å². The summed E-state index contributed by atoms with van der Waals surface area (Å²) in [6, 6.07) is 2.04. The number of hydrogen-bond donors (Lipinski definition) is 2. The molecule has 6 heteroatoms. The van der Waals surface area contributed by atoms with Gasteiger partial charge in [-0.1, -0.05) is 0 Å². The number of aryl methyl sites for hydroxylation is 1. The number of nitrogens with one attached hydrogen (secondary N) is 1. The lowest BCUT2D eigenvalue weighted by molar-refractivity contribution is -0.117. The minimum absolute atomic E-state index is 0.204. The smallest absolute Gasteiger partial charge is 0.240 e. The van der Waals surface area contributed by atoms with E-state index in [1.165, 1.54) is 0 Å². The van der Waals surface area contributed by atoms with Crippen LogP contribution >= 0.6 is 0 Å². The van der Waals surface area contributed by atoms with Crippen LogP contribution in [0.1, 0.15) is 23.3 Å². The molecule has 0 bridgehead atoms. The fourth-order valence-electron chi connectivity index (χ4n) is 1.70. The summed E-state index contributed by atoms with van der Waals surface area (Å²) < 4.78 is 5.38. The molecule has 3 N–H and O–H groups in total. The van der Waals surface area contributed by atoms with Crippen molar-refractivity contribution in [2.45, 2.75) is 20.3 Å². The molecular formula is C13H20N4O2. The first-order valence-corrected chi connectivity index (χ1v) is 6.18. The molecule has 0 saturated heterocycles. The van der Waals surface area contributed by atoms with Crippen molar-refractivity contribution in [2.24, 2.45) is 5.73 Å². The maximum absolute atomic E-state index is 11.8. The number of nitrogens with zero attached hydrogens (tertiary/aromatic N) is 2. The van der Waals surface area contributed by atoms with Crippen LogP contribution in [-0.2, 0) is 4.79 Å². The molecule has 0 aliphatic rings. The van der Waals surface area contributed by atoms with Crippen LogP contribution in [0.4, 0.5) is 5.88 Å². The Balaban J connectivity index is 2.63. The Labute approximate surface area is 113 Å². The van der Waals surface area contributed by atoms with Gasteiger partial charge < -0.3 is 10.2 Å². The predicted molar refractivity (Wildman–Crippen MR) is 72.7 cm³/mol. The third-order valence-corrected chi connectivity index (χ3v) is 2.91. The molecule has 1 aromatic heterocycles. The van der Waals surface area contributed by atoms with Crippen LogP contribution in [0, 0.1) is 25.2 Å². The van der Waals surface area contributed by atoms with Crippen molar-refractivity contribution in [3.63, 3.8) is 0 Å². The van der Waals surface area contributed by atoms with Gasteiger partial charge in [0.05, 0.1) is 6.54 Å². The van der Waals surface area contributed by atoms with Gasteiger partial charge in [-0.15, -0.1) is 0 Å². The zero-order chi connectivity index (χ0) is 14.4. The zero-order valence-electron chi connectivity index (χ0n) is 11.6. The van der Waals surface area contributed by atoms with Crippen LogP contribution in [0.3, 0.4) is 0 Å². The molecule has 0 radical (unpaired) electrons. The highest BCUT2D eigenvalue weighted by atomic mass is 16.4. The van der Waals surface area contributed by atoms with E-state index < -0.39 is 0 Å². The van der Waals surface area contributed by atoms with E-state index in [0.717, 1.165) is 18.5 Å². The molecular weight excluding hydrogens is 244 g/mol. The summed E-state index contributed by atoms with van der Waals surface area (Å²) in [6.07, 6.45) is 0.839. The summed E-state index contributed by atoms with van der Waals surface area (Å²) >= 11 is 0. The SMILES string of the molecule is Cc1oc(NC(=O)CN(C)CCCN)c(C#N)c1C. The van der Waals surface area contributed by atoms with E-state index in [1.54, 1.807) is 13.8 Å². The Morgan fingerprint density at radius 3 is 2.79 bits per heavy atom. The number of likely N-dealkylation sites (N-methyl/N-ethyl adjacent to an activating group) is 1. The van der Waals surface area contributed by atoms with Crippen molar-refractivity contribution in [1.29, 1.82) is 5.26 Å². The van der Waals surface area contributed by atoms with Crippen LogP contribution in [0.2, 0.25) is 0 Å². The number of rotatable bonds is 6. The van der Waals surface area contributed by atoms with Gasteiger partial charge in [-0.3, -0.25) is 15.0 Å². The Morgan fingerprint density at radius 1 is 1.53 bits per heavy atom. The number of nitriles is 1. The third-order valence-electron chi connectivity index (χ3n) is 2.91. The Morgan fingerprint density at radius 2 is 2.21 bits per heavy atom. The van der Waals surface area contributed by atoms with Gasteiger partial charge in [-0.05, 0) is 40.4 Å². The Kier molecular flexibility index (Phi) is 5.55. The minimum atomic E-state index is -0.204. The number of furan rings is 1. The third kappa shape index (κ3) is 4.09. The molecule has 104 valence electrons. The molecule has 1 aromatic rings. The fourth-order valence-corrected chi connectivity index (χ4v) is 1.70. The summed E-state index contributed by atoms with van der Waals surface area (Å²) in [5.41, 5.74) is 6.55. The summed E-state index contributed by atoms with van der Waals surface area (Å²) in [7, 11) is 1.85. The maximum Gasteiger partial charge on any atom is 0.240 e. The van der Waals surface area contributed by atoms with Crippen molar-refractivity contribution in [3.05, 3.63) is 16.9 Å². The van der Waals surface area contributed by atoms with Crippen LogP contribution in [0.25, 0.3) is 0 Å². The van der Waals surface area contributed by atoms with Gasteiger partial charge in [0.25, 0.3) is 0 Å². The number of nitrogens with two attached hydrogens (primary N) is 1. The maximum atomic E-state index is 11.8. The standard InChI is InChI=1S/C13H20N4O2/c1-9-10(2)19-13(11(9)7-15)16-12(18)8-17(3)6-4-5-14/h4-6,8,14H2,1-3H3,(H,16,18). The van der Waals surface area contributed by atoms with Gasteiger partial charge in [0.15, 0.2) is 0 Å². The topological polar surface area (TPSA) is 95.3 Å². The molecule has 0 aliphatic heterocycles. The first-order chi connectivity index (χ1) is 8.99. The fraction of sp³-hybridized carbons (Fsp3) is 0.538. The van der Waals surface area contributed by atoms with Gasteiger partial charge in [0.1, 0.15) is 17.4 Å². The summed E-state index contributed by atoms with van der Waals surface area (Å²) in [6.45, 7) is 5.15. The summed E-state index contributed by atoms with van der Waals surface area (Å²) in [5.74, 6) is 0.669. The molecule has 0 fully saturated rings. The average molecular weight is 264 g/mol. The van der Waals surface area contributed by atoms with E-state index in [-0.39, 0.29) is 18.3 Å². The van der Waals surface area contributed by atoms with Crippen LogP contribution < -0.4 is 11.1 Å². The highest BCUT2D eigenvalue weighted by Gasteiger charge is 2.17. The average Bonchev–Trinajstić information content (AvgIpc) is 2.61. The number of hydrogen-bond acceptors (Lipinski definition) is 5. The van der Waals surface area contributed by atoms with E-state index in [4.69, 9.17) is 15.4 Å². The van der Waals surface area contributed by atoms with E-state index in [0.29, 0.717) is 17.9 Å². The molecule has 0 spiro atoms. The molecule has 0 atom stereocenters. The van der Waals surface area contributed by atoms with Crippen LogP contribution in [-0.4, -0.2) is 37.5 Å². The Hall–Kier alpha value is -1.84. The summed E-state index contributed by atoms with van der Waals surface area (Å²) in [5, 5.41) is 11.7. The van der Waals surface area contributed by atoms with Gasteiger partial charge >= 0.3 is 0 Å². The normalized spacial score (nSPS) is 10.5. The highest BCUT2D eigenvalue weighted by molar-refractivity contribution is 5.92. The van der Waals surface area contributed by atoms with Crippen molar-refractivity contribution in [2.75, 3.05) is 32.0 Å². The largest absolute Gasteiger partial charge is 0.444 e. The van der Waals surface area contributed by atoms with Crippen molar-refractivity contribution in [1.82, 2.24) is 4.90 Å². The second kappa shape index (κ2) is 6.92. The minimum Gasteiger partial charge on any atom is -0.444 e. The number of anilines is 1. The number of carbonyl (C=O) groups is 1. The second-order valence-corrected chi connectivity index (χ2v) is 4.53. The van der Waals surface area contributed by atoms with E-state index in [2.05, 4.69) is 5.32 Å². The molecule has 1 rings (SSSR count). The molecule has 0 aliphatic carbocycles. The van der Waals surface area contributed by atoms with Crippen molar-refractivity contribution < 1.29 is 9.21 Å². The molecule has 0 saturated carbocycles. The second-order valence-electron chi connectivity index (χ2n) is 4.53. The molecule has 1 heterocycles. The lowest BCUT2D eigenvalue weighted by Gasteiger charge is -2.14. The number of amides is 1. The zero-order valence-corrected chi connectivity index (χ0v) is 11.6. The van der Waals surface area contributed by atoms with Crippen LogP contribution in [0.15, 0.2) is 4.42 Å². The van der Waals surface area contributed by atoms with Gasteiger partial charge in [-0.2, -0.15) is 5.26 Å². The molecule has 0 aromatic carbocycles. The van der Waals surface area contributed by atoms with E-state index >= 15 is 0 Å². The Bertz CT molecular complexity index is 488. The van der Waals surface area contributed by atoms with E-state index in [9.17, 15) is 4.79 Å². The summed E-state index contributed by atoms with van der Waals surface area (Å²) in [4.78, 5) is 13.7. The van der Waals surface area contributed by atoms with Crippen molar-refractivity contribution in [3.8, 4) is 6.07 Å². The first kappa shape index (κ1) is 15.2. The van der Waals surface area contributed by atoms with Crippen molar-refractivity contribution >= 4 is 11.8 Å². The lowest BCUT2D eigenvalue weighted by atomic mass is 10.2. The molecule has 6 nitrogen and oxygen atoms in total. The van der Waals surface area contributed by atoms with Crippen LogP contribution in [0.5, 0.6) is 0 Å². The van der Waals surface area contributed by atoms with Gasteiger partial charge in [0.2, 0.25) is 11.8 Å². The van der Waals surface area contributed by atoms with E-state index in [1.807, 2.05) is 18.0 Å². The quantitative estimate of drug-likeness (QED) is 0.798. The molecule has 0 unspecified atom stereocenters. The lowest BCUT2D eigenvalue weighted by Crippen LogP contribution is -2.31. The highest BCUT2D eigenvalue weighted by Crippen LogP contribution is 2.25. The first-order valence-electron chi connectivity index (χ1n) is 6.18. The molecule has 1 amide bonds. The van der Waals surface area contributed by atoms with Gasteiger partial charge in [-0.25, -0.2) is 0 Å². The predicted octanol–water partition coefficient (Wildman–Crippen LogP) is 0.987. The monoisotopic (exact) mass is 264 g/mol.